The van der Waals surface area contributed by atoms with Gasteiger partial charge in [-0.1, -0.05) is 42.1 Å². The lowest BCUT2D eigenvalue weighted by molar-refractivity contribution is -0.118. The molecule has 26 heavy (non-hydrogen) atoms. The van der Waals surface area contributed by atoms with Crippen LogP contribution in [-0.4, -0.2) is 29.8 Å². The average molecular weight is 394 g/mol. The van der Waals surface area contributed by atoms with E-state index in [-0.39, 0.29) is 17.4 Å². The van der Waals surface area contributed by atoms with Gasteiger partial charge >= 0.3 is 6.61 Å². The molecule has 0 saturated carbocycles. The van der Waals surface area contributed by atoms with E-state index in [0.717, 1.165) is 14.6 Å². The summed E-state index contributed by atoms with van der Waals surface area (Å²) in [6.07, 6.45) is 0.417. The number of thioether (sulfide) groups is 1. The predicted molar refractivity (Wildman–Crippen MR) is 100 cm³/mol. The number of nitrogens with zero attached hydrogens (tertiary/aromatic N) is 1. The van der Waals surface area contributed by atoms with Crippen molar-refractivity contribution in [2.24, 2.45) is 0 Å². The number of halogens is 2. The third-order valence-corrected chi connectivity index (χ3v) is 5.69. The highest BCUT2D eigenvalue weighted by Gasteiger charge is 2.10. The van der Waals surface area contributed by atoms with Crippen molar-refractivity contribution in [1.82, 2.24) is 10.3 Å². The predicted octanol–water partition coefficient (Wildman–Crippen LogP) is 4.35. The molecular weight excluding hydrogens is 378 g/mol. The van der Waals surface area contributed by atoms with Gasteiger partial charge in [0.2, 0.25) is 5.91 Å². The van der Waals surface area contributed by atoms with E-state index in [1.807, 2.05) is 24.3 Å². The van der Waals surface area contributed by atoms with Gasteiger partial charge in [-0.05, 0) is 30.2 Å². The Bertz CT molecular complexity index is 853. The monoisotopic (exact) mass is 394 g/mol. The minimum atomic E-state index is -2.86. The molecule has 0 unspecified atom stereocenters. The van der Waals surface area contributed by atoms with E-state index in [4.69, 9.17) is 0 Å². The first-order valence-electron chi connectivity index (χ1n) is 7.89. The minimum absolute atomic E-state index is 0.124. The summed E-state index contributed by atoms with van der Waals surface area (Å²) in [4.78, 5) is 16.4. The van der Waals surface area contributed by atoms with Crippen LogP contribution in [0.5, 0.6) is 5.75 Å². The zero-order chi connectivity index (χ0) is 18.4. The molecule has 0 fully saturated rings. The quantitative estimate of drug-likeness (QED) is 0.577. The number of nitrogens with one attached hydrogen (secondary N) is 1. The lowest BCUT2D eigenvalue weighted by Crippen LogP contribution is -2.27. The number of alkyl halides is 2. The molecule has 0 aliphatic rings. The van der Waals surface area contributed by atoms with Crippen molar-refractivity contribution < 1.29 is 18.3 Å². The molecule has 1 N–H and O–H groups in total. The normalized spacial score (nSPS) is 11.0. The highest BCUT2D eigenvalue weighted by atomic mass is 32.2. The van der Waals surface area contributed by atoms with E-state index >= 15 is 0 Å². The fourth-order valence-electron chi connectivity index (χ4n) is 2.35. The number of hydrogen-bond donors (Lipinski definition) is 1. The Hall–Kier alpha value is -2.19. The summed E-state index contributed by atoms with van der Waals surface area (Å²) in [6.45, 7) is -2.51. The molecule has 0 saturated heterocycles. The van der Waals surface area contributed by atoms with Crippen LogP contribution in [0.3, 0.4) is 0 Å². The molecule has 0 atom stereocenters. The van der Waals surface area contributed by atoms with Crippen LogP contribution in [0.25, 0.3) is 10.2 Å². The van der Waals surface area contributed by atoms with Crippen LogP contribution in [0.2, 0.25) is 0 Å². The number of ether oxygens (including phenoxy) is 1. The first-order valence-corrected chi connectivity index (χ1v) is 9.70. The number of carbonyl (C=O) groups is 1. The van der Waals surface area contributed by atoms with Crippen molar-refractivity contribution in [3.63, 3.8) is 0 Å². The molecule has 0 aliphatic carbocycles. The molecule has 3 aromatic rings. The Balaban J connectivity index is 1.46. The topological polar surface area (TPSA) is 51.2 Å². The second kappa shape index (κ2) is 8.95. The first-order chi connectivity index (χ1) is 12.6. The molecule has 3 rings (SSSR count). The number of para-hydroxylation sites is 2. The molecule has 4 nitrogen and oxygen atoms in total. The number of aromatic nitrogens is 1. The molecule has 8 heteroatoms. The van der Waals surface area contributed by atoms with Crippen LogP contribution in [0.1, 0.15) is 5.56 Å². The highest BCUT2D eigenvalue weighted by Crippen LogP contribution is 2.29. The van der Waals surface area contributed by atoms with Crippen LogP contribution in [-0.2, 0) is 11.2 Å². The van der Waals surface area contributed by atoms with Crippen LogP contribution < -0.4 is 10.1 Å². The maximum absolute atomic E-state index is 12.4. The number of amides is 1. The number of carbonyl (C=O) groups excluding carboxylic acids is 1. The smallest absolute Gasteiger partial charge is 0.387 e. The van der Waals surface area contributed by atoms with Gasteiger partial charge in [0.05, 0.1) is 16.0 Å². The Labute approximate surface area is 157 Å². The van der Waals surface area contributed by atoms with E-state index < -0.39 is 6.61 Å². The Morgan fingerprint density at radius 2 is 1.96 bits per heavy atom. The van der Waals surface area contributed by atoms with Gasteiger partial charge in [0.15, 0.2) is 4.34 Å². The molecule has 1 aromatic heterocycles. The molecule has 0 bridgehead atoms. The summed E-state index contributed by atoms with van der Waals surface area (Å²) in [5, 5.41) is 2.79. The van der Waals surface area contributed by atoms with Crippen molar-refractivity contribution in [2.45, 2.75) is 17.4 Å². The molecule has 2 aromatic carbocycles. The van der Waals surface area contributed by atoms with Crippen LogP contribution >= 0.6 is 23.1 Å². The summed E-state index contributed by atoms with van der Waals surface area (Å²) in [5.41, 5.74) is 1.56. The van der Waals surface area contributed by atoms with Crippen molar-refractivity contribution in [3.8, 4) is 5.75 Å². The van der Waals surface area contributed by atoms with Crippen molar-refractivity contribution in [1.29, 1.82) is 0 Å². The van der Waals surface area contributed by atoms with E-state index in [1.54, 1.807) is 29.5 Å². The number of thiazole rings is 1. The second-order valence-corrected chi connectivity index (χ2v) is 7.58. The third kappa shape index (κ3) is 5.15. The molecule has 136 valence electrons. The molecule has 0 aliphatic heterocycles. The maximum atomic E-state index is 12.4. The molecule has 1 heterocycles. The van der Waals surface area contributed by atoms with E-state index in [2.05, 4.69) is 15.0 Å². The van der Waals surface area contributed by atoms with E-state index in [9.17, 15) is 13.6 Å². The van der Waals surface area contributed by atoms with E-state index in [0.29, 0.717) is 18.5 Å². The van der Waals surface area contributed by atoms with Gasteiger partial charge in [-0.2, -0.15) is 8.78 Å². The Kier molecular flexibility index (Phi) is 6.40. The summed E-state index contributed by atoms with van der Waals surface area (Å²) < 4.78 is 31.2. The molecule has 0 radical (unpaired) electrons. The molecule has 1 amide bonds. The lowest BCUT2D eigenvalue weighted by Gasteiger charge is -2.10. The maximum Gasteiger partial charge on any atom is 0.387 e. The Morgan fingerprint density at radius 3 is 2.77 bits per heavy atom. The number of benzene rings is 2. The summed E-state index contributed by atoms with van der Waals surface area (Å²) in [6, 6.07) is 14.4. The van der Waals surface area contributed by atoms with Crippen molar-refractivity contribution in [2.75, 3.05) is 12.3 Å². The summed E-state index contributed by atoms with van der Waals surface area (Å²) >= 11 is 2.94. The van der Waals surface area contributed by atoms with Crippen molar-refractivity contribution in [3.05, 3.63) is 54.1 Å². The van der Waals surface area contributed by atoms with Crippen LogP contribution in [0, 0.1) is 0 Å². The number of rotatable bonds is 8. The minimum Gasteiger partial charge on any atom is -0.435 e. The van der Waals surface area contributed by atoms with Gasteiger partial charge in [-0.25, -0.2) is 4.98 Å². The lowest BCUT2D eigenvalue weighted by atomic mass is 10.1. The second-order valence-electron chi connectivity index (χ2n) is 5.32. The third-order valence-electron chi connectivity index (χ3n) is 3.51. The van der Waals surface area contributed by atoms with E-state index in [1.165, 1.54) is 17.8 Å². The van der Waals surface area contributed by atoms with Gasteiger partial charge in [0.25, 0.3) is 0 Å². The SMILES string of the molecule is O=C(CSc1nc2ccccc2s1)NCCc1ccccc1OC(F)F. The first kappa shape index (κ1) is 18.6. The van der Waals surface area contributed by atoms with Gasteiger partial charge in [-0.3, -0.25) is 4.79 Å². The zero-order valence-corrected chi connectivity index (χ0v) is 15.3. The summed E-state index contributed by atoms with van der Waals surface area (Å²) in [7, 11) is 0. The zero-order valence-electron chi connectivity index (χ0n) is 13.7. The highest BCUT2D eigenvalue weighted by molar-refractivity contribution is 8.01. The number of fused-ring (bicyclic) bond motifs is 1. The molecular formula is C18H16F2N2O2S2. The van der Waals surface area contributed by atoms with Crippen LogP contribution in [0.4, 0.5) is 8.78 Å². The van der Waals surface area contributed by atoms with Crippen LogP contribution in [0.15, 0.2) is 52.9 Å². The standard InChI is InChI=1S/C18H16F2N2O2S2/c19-17(20)24-14-7-3-1-5-12(14)9-10-21-16(23)11-25-18-22-13-6-2-4-8-15(13)26-18/h1-8,17H,9-11H2,(H,21,23). The summed E-state index contributed by atoms with van der Waals surface area (Å²) in [5.74, 6) is 0.275. The average Bonchev–Trinajstić information content (AvgIpc) is 3.04. The van der Waals surface area contributed by atoms with Gasteiger partial charge in [0, 0.05) is 6.54 Å². The van der Waals surface area contributed by atoms with Gasteiger partial charge in [-0.15, -0.1) is 11.3 Å². The Morgan fingerprint density at radius 1 is 1.19 bits per heavy atom. The number of hydrogen-bond acceptors (Lipinski definition) is 5. The van der Waals surface area contributed by atoms with Crippen molar-refractivity contribution >= 4 is 39.2 Å². The van der Waals surface area contributed by atoms with Gasteiger partial charge < -0.3 is 10.1 Å². The van der Waals surface area contributed by atoms with Gasteiger partial charge in [0.1, 0.15) is 5.75 Å². The fourth-order valence-corrected chi connectivity index (χ4v) is 4.25. The fraction of sp³-hybridized carbons (Fsp3) is 0.222. The largest absolute Gasteiger partial charge is 0.435 e. The molecule has 0 spiro atoms.